The molecule has 0 fully saturated rings. The first kappa shape index (κ1) is 5.65. The smallest absolute Gasteiger partial charge is 0.269 e. The zero-order valence-corrected chi connectivity index (χ0v) is 4.91. The van der Waals surface area contributed by atoms with Crippen molar-refractivity contribution < 1.29 is 4.39 Å². The maximum absolute atomic E-state index is 12.0. The molecule has 8 heavy (non-hydrogen) atoms. The summed E-state index contributed by atoms with van der Waals surface area (Å²) in [5.41, 5.74) is 5.17. The van der Waals surface area contributed by atoms with E-state index in [1.807, 2.05) is 0 Å². The SMILES string of the molecule is NCc1cnc(F)s1. The van der Waals surface area contributed by atoms with E-state index in [9.17, 15) is 4.39 Å². The molecule has 0 aromatic carbocycles. The fourth-order valence-corrected chi connectivity index (χ4v) is 0.889. The van der Waals surface area contributed by atoms with Gasteiger partial charge in [0.05, 0.1) is 0 Å². The number of thiazole rings is 1. The lowest BCUT2D eigenvalue weighted by atomic mass is 10.6. The average Bonchev–Trinajstić information content (AvgIpc) is 2.14. The van der Waals surface area contributed by atoms with Crippen molar-refractivity contribution in [3.05, 3.63) is 16.3 Å². The molecule has 2 nitrogen and oxygen atoms in total. The van der Waals surface area contributed by atoms with Crippen LogP contribution in [0, 0.1) is 5.26 Å². The summed E-state index contributed by atoms with van der Waals surface area (Å²) in [5, 5.41) is -0.412. The van der Waals surface area contributed by atoms with E-state index in [0.29, 0.717) is 6.54 Å². The van der Waals surface area contributed by atoms with E-state index in [0.717, 1.165) is 16.2 Å². The lowest BCUT2D eigenvalue weighted by Crippen LogP contribution is -1.91. The molecule has 0 aliphatic carbocycles. The molecule has 0 radical (unpaired) electrons. The van der Waals surface area contributed by atoms with Crippen molar-refractivity contribution >= 4 is 11.3 Å². The number of nitrogens with zero attached hydrogens (tertiary/aromatic N) is 1. The second-order valence-corrected chi connectivity index (χ2v) is 2.35. The predicted octanol–water partition coefficient (Wildman–Crippen LogP) is 0.741. The van der Waals surface area contributed by atoms with Crippen molar-refractivity contribution in [2.24, 2.45) is 5.73 Å². The molecule has 2 N–H and O–H groups in total. The van der Waals surface area contributed by atoms with Gasteiger partial charge in [0.25, 0.3) is 5.26 Å². The molecule has 0 aliphatic rings. The van der Waals surface area contributed by atoms with E-state index in [1.165, 1.54) is 6.20 Å². The van der Waals surface area contributed by atoms with Crippen LogP contribution >= 0.6 is 11.3 Å². The quantitative estimate of drug-likeness (QED) is 0.612. The third kappa shape index (κ3) is 1.02. The third-order valence-corrected chi connectivity index (χ3v) is 1.53. The lowest BCUT2D eigenvalue weighted by Gasteiger charge is -1.77. The molecular formula is C4H5FN2S. The number of rotatable bonds is 1. The lowest BCUT2D eigenvalue weighted by molar-refractivity contribution is 0.617. The van der Waals surface area contributed by atoms with Crippen LogP contribution in [-0.4, -0.2) is 4.98 Å². The highest BCUT2D eigenvalue weighted by atomic mass is 32.1. The van der Waals surface area contributed by atoms with Gasteiger partial charge in [0.15, 0.2) is 0 Å². The molecule has 1 rings (SSSR count). The first-order valence-corrected chi connectivity index (χ1v) is 2.95. The van der Waals surface area contributed by atoms with Crippen molar-refractivity contribution in [2.75, 3.05) is 0 Å². The molecule has 1 heterocycles. The van der Waals surface area contributed by atoms with E-state index >= 15 is 0 Å². The fourth-order valence-electron chi connectivity index (χ4n) is 0.378. The van der Waals surface area contributed by atoms with Crippen LogP contribution in [0.25, 0.3) is 0 Å². The minimum atomic E-state index is -0.412. The van der Waals surface area contributed by atoms with Crippen LogP contribution in [0.15, 0.2) is 6.20 Å². The normalized spacial score (nSPS) is 9.75. The molecule has 0 aliphatic heterocycles. The summed E-state index contributed by atoms with van der Waals surface area (Å²) in [6, 6.07) is 0. The number of hydrogen-bond acceptors (Lipinski definition) is 3. The van der Waals surface area contributed by atoms with Gasteiger partial charge in [-0.3, -0.25) is 0 Å². The van der Waals surface area contributed by atoms with Gasteiger partial charge in [-0.25, -0.2) is 4.98 Å². The standard InChI is InChI=1S/C4H5FN2S/c5-4-7-2-3(1-6)8-4/h2H,1,6H2. The highest BCUT2D eigenvalue weighted by Crippen LogP contribution is 2.08. The number of hydrogen-bond donors (Lipinski definition) is 1. The Bertz CT molecular complexity index is 174. The van der Waals surface area contributed by atoms with Crippen molar-refractivity contribution in [1.82, 2.24) is 4.98 Å². The Labute approximate surface area is 50.2 Å². The molecule has 0 saturated heterocycles. The van der Waals surface area contributed by atoms with Gasteiger partial charge in [-0.2, -0.15) is 4.39 Å². The Balaban J connectivity index is 2.84. The van der Waals surface area contributed by atoms with E-state index in [2.05, 4.69) is 4.98 Å². The summed E-state index contributed by atoms with van der Waals surface area (Å²) in [4.78, 5) is 4.14. The predicted molar refractivity (Wildman–Crippen MR) is 30.0 cm³/mol. The van der Waals surface area contributed by atoms with Crippen LogP contribution in [0.3, 0.4) is 0 Å². The highest BCUT2D eigenvalue weighted by Gasteiger charge is 1.95. The molecule has 0 atom stereocenters. The maximum atomic E-state index is 12.0. The summed E-state index contributed by atoms with van der Waals surface area (Å²) in [6.07, 6.45) is 1.44. The third-order valence-electron chi connectivity index (χ3n) is 0.727. The van der Waals surface area contributed by atoms with Crippen LogP contribution in [0.4, 0.5) is 4.39 Å². The van der Waals surface area contributed by atoms with E-state index in [-0.39, 0.29) is 0 Å². The molecule has 1 aromatic rings. The summed E-state index contributed by atoms with van der Waals surface area (Å²) in [6.45, 7) is 0.377. The van der Waals surface area contributed by atoms with Crippen LogP contribution in [0.1, 0.15) is 4.88 Å². The molecule has 0 amide bonds. The second-order valence-electron chi connectivity index (χ2n) is 1.28. The van der Waals surface area contributed by atoms with Gasteiger partial charge in [-0.1, -0.05) is 11.3 Å². The van der Waals surface area contributed by atoms with Crippen LogP contribution < -0.4 is 5.73 Å². The molecule has 44 valence electrons. The summed E-state index contributed by atoms with van der Waals surface area (Å²) in [5.74, 6) is 0. The zero-order valence-electron chi connectivity index (χ0n) is 4.10. The molecule has 4 heteroatoms. The molecular weight excluding hydrogens is 127 g/mol. The van der Waals surface area contributed by atoms with Crippen LogP contribution in [-0.2, 0) is 6.54 Å². The monoisotopic (exact) mass is 132 g/mol. The van der Waals surface area contributed by atoms with Crippen molar-refractivity contribution in [1.29, 1.82) is 0 Å². The molecule has 0 unspecified atom stereocenters. The number of aromatic nitrogens is 1. The number of halogens is 1. The topological polar surface area (TPSA) is 38.9 Å². The Morgan fingerprint density at radius 2 is 2.62 bits per heavy atom. The van der Waals surface area contributed by atoms with E-state index in [1.54, 1.807) is 0 Å². The molecule has 0 bridgehead atoms. The van der Waals surface area contributed by atoms with Gasteiger partial charge < -0.3 is 5.73 Å². The first-order valence-electron chi connectivity index (χ1n) is 2.13. The maximum Gasteiger partial charge on any atom is 0.269 e. The van der Waals surface area contributed by atoms with Crippen molar-refractivity contribution in [3.8, 4) is 0 Å². The molecule has 1 aromatic heterocycles. The van der Waals surface area contributed by atoms with Gasteiger partial charge in [0.2, 0.25) is 0 Å². The Morgan fingerprint density at radius 1 is 1.88 bits per heavy atom. The van der Waals surface area contributed by atoms with Crippen LogP contribution in [0.2, 0.25) is 0 Å². The van der Waals surface area contributed by atoms with Gasteiger partial charge in [0.1, 0.15) is 0 Å². The van der Waals surface area contributed by atoms with Gasteiger partial charge >= 0.3 is 0 Å². The minimum absolute atomic E-state index is 0.377. The Kier molecular flexibility index (Phi) is 1.55. The Morgan fingerprint density at radius 3 is 2.88 bits per heavy atom. The summed E-state index contributed by atoms with van der Waals surface area (Å²) >= 11 is 0.985. The first-order chi connectivity index (χ1) is 3.83. The summed E-state index contributed by atoms with van der Waals surface area (Å²) in [7, 11) is 0. The van der Waals surface area contributed by atoms with Gasteiger partial charge in [-0.05, 0) is 0 Å². The average molecular weight is 132 g/mol. The van der Waals surface area contributed by atoms with E-state index in [4.69, 9.17) is 5.73 Å². The zero-order chi connectivity index (χ0) is 5.98. The largest absolute Gasteiger partial charge is 0.326 e. The molecule has 0 saturated carbocycles. The minimum Gasteiger partial charge on any atom is -0.326 e. The molecule has 0 spiro atoms. The second kappa shape index (κ2) is 2.19. The van der Waals surface area contributed by atoms with Crippen molar-refractivity contribution in [3.63, 3.8) is 0 Å². The summed E-state index contributed by atoms with van der Waals surface area (Å²) < 4.78 is 12.0. The Hall–Kier alpha value is -0.480. The van der Waals surface area contributed by atoms with E-state index < -0.39 is 5.26 Å². The van der Waals surface area contributed by atoms with Gasteiger partial charge in [0, 0.05) is 17.6 Å². The van der Waals surface area contributed by atoms with Crippen LogP contribution in [0.5, 0.6) is 0 Å². The van der Waals surface area contributed by atoms with Gasteiger partial charge in [-0.15, -0.1) is 0 Å². The fraction of sp³-hybridized carbons (Fsp3) is 0.250. The number of nitrogens with two attached hydrogens (primary N) is 1. The highest BCUT2D eigenvalue weighted by molar-refractivity contribution is 7.09. The van der Waals surface area contributed by atoms with Crippen molar-refractivity contribution in [2.45, 2.75) is 6.54 Å².